The maximum atomic E-state index is 13.5. The highest BCUT2D eigenvalue weighted by Crippen LogP contribution is 2.27. The Labute approximate surface area is 174 Å². The fourth-order valence-electron chi connectivity index (χ4n) is 2.58. The van der Waals surface area contributed by atoms with Crippen LogP contribution in [0.15, 0.2) is 59.5 Å². The summed E-state index contributed by atoms with van der Waals surface area (Å²) in [5, 5.41) is 8.18. The summed E-state index contributed by atoms with van der Waals surface area (Å²) in [6.45, 7) is 4.64. The average Bonchev–Trinajstić information content (AvgIpc) is 2.73. The maximum Gasteiger partial charge on any atom is 0.265 e. The van der Waals surface area contributed by atoms with Crippen molar-refractivity contribution in [3.8, 4) is 22.9 Å². The van der Waals surface area contributed by atoms with Gasteiger partial charge in [-0.15, -0.1) is 10.2 Å². The highest BCUT2D eigenvalue weighted by atomic mass is 32.2. The molecule has 0 fully saturated rings. The smallest absolute Gasteiger partial charge is 0.265 e. The summed E-state index contributed by atoms with van der Waals surface area (Å²) >= 11 is 0. The number of nitrogens with zero attached hydrogens (tertiary/aromatic N) is 2. The zero-order valence-electron chi connectivity index (χ0n) is 16.8. The van der Waals surface area contributed by atoms with Gasteiger partial charge in [-0.3, -0.25) is 4.72 Å². The molecular formula is C21H22FN3O4S. The van der Waals surface area contributed by atoms with Crippen LogP contribution in [-0.4, -0.2) is 32.3 Å². The van der Waals surface area contributed by atoms with Crippen LogP contribution in [-0.2, 0) is 10.0 Å². The Morgan fingerprint density at radius 1 is 1.03 bits per heavy atom. The summed E-state index contributed by atoms with van der Waals surface area (Å²) in [5.74, 6) is 0.206. The number of methoxy groups -OCH3 is 1. The lowest BCUT2D eigenvalue weighted by Gasteiger charge is -2.12. The Bertz CT molecular complexity index is 1100. The van der Waals surface area contributed by atoms with Crippen LogP contribution in [0.25, 0.3) is 11.3 Å². The Balaban J connectivity index is 1.75. The predicted octanol–water partition coefficient (Wildman–Crippen LogP) is 4.13. The van der Waals surface area contributed by atoms with Gasteiger partial charge in [-0.05, 0) is 42.3 Å². The van der Waals surface area contributed by atoms with E-state index in [9.17, 15) is 12.8 Å². The fraction of sp³-hybridized carbons (Fsp3) is 0.238. The van der Waals surface area contributed by atoms with Crippen LogP contribution in [0.1, 0.15) is 13.8 Å². The molecule has 0 saturated carbocycles. The van der Waals surface area contributed by atoms with E-state index >= 15 is 0 Å². The van der Waals surface area contributed by atoms with Crippen LogP contribution in [0.3, 0.4) is 0 Å². The minimum absolute atomic E-state index is 0.0515. The standard InChI is InChI=1S/C21H22FN3O4S/c1-14(2)13-29-21-11-9-18(23-24-21)15-4-7-17(8-5-15)25-30(26,27)20-12-16(22)6-10-19(20)28-3/h4-12,14,25H,13H2,1-3H3. The maximum absolute atomic E-state index is 13.5. The van der Waals surface area contributed by atoms with Gasteiger partial charge in [0.1, 0.15) is 16.5 Å². The lowest BCUT2D eigenvalue weighted by atomic mass is 10.1. The summed E-state index contributed by atoms with van der Waals surface area (Å²) in [4.78, 5) is -0.281. The molecule has 0 atom stereocenters. The molecule has 0 aliphatic rings. The van der Waals surface area contributed by atoms with E-state index in [1.807, 2.05) is 13.8 Å². The molecule has 9 heteroatoms. The van der Waals surface area contributed by atoms with Crippen LogP contribution in [0.5, 0.6) is 11.6 Å². The molecule has 3 rings (SSSR count). The zero-order chi connectivity index (χ0) is 21.7. The Morgan fingerprint density at radius 3 is 2.37 bits per heavy atom. The summed E-state index contributed by atoms with van der Waals surface area (Å²) in [5.41, 5.74) is 1.69. The monoisotopic (exact) mass is 431 g/mol. The van der Waals surface area contributed by atoms with Crippen molar-refractivity contribution in [3.63, 3.8) is 0 Å². The molecule has 2 aromatic carbocycles. The van der Waals surface area contributed by atoms with Crippen molar-refractivity contribution in [1.82, 2.24) is 10.2 Å². The van der Waals surface area contributed by atoms with Crippen molar-refractivity contribution in [3.05, 3.63) is 60.4 Å². The number of benzene rings is 2. The number of ether oxygens (including phenoxy) is 2. The summed E-state index contributed by atoms with van der Waals surface area (Å²) < 4.78 is 51.8. The summed E-state index contributed by atoms with van der Waals surface area (Å²) in [6.07, 6.45) is 0. The molecule has 0 aliphatic carbocycles. The molecule has 0 saturated heterocycles. The first-order chi connectivity index (χ1) is 14.3. The molecule has 0 bridgehead atoms. The van der Waals surface area contributed by atoms with Gasteiger partial charge in [0.2, 0.25) is 5.88 Å². The Kier molecular flexibility index (Phi) is 6.51. The number of aromatic nitrogens is 2. The predicted molar refractivity (Wildman–Crippen MR) is 112 cm³/mol. The SMILES string of the molecule is COc1ccc(F)cc1S(=O)(=O)Nc1ccc(-c2ccc(OCC(C)C)nn2)cc1. The minimum Gasteiger partial charge on any atom is -0.495 e. The normalized spacial score (nSPS) is 11.4. The molecule has 7 nitrogen and oxygen atoms in total. The lowest BCUT2D eigenvalue weighted by Crippen LogP contribution is -2.14. The van der Waals surface area contributed by atoms with E-state index in [4.69, 9.17) is 9.47 Å². The Morgan fingerprint density at radius 2 is 1.77 bits per heavy atom. The second-order valence-corrected chi connectivity index (χ2v) is 8.59. The fourth-order valence-corrected chi connectivity index (χ4v) is 3.82. The number of halogens is 1. The van der Waals surface area contributed by atoms with E-state index in [0.717, 1.165) is 17.7 Å². The van der Waals surface area contributed by atoms with E-state index in [-0.39, 0.29) is 10.6 Å². The van der Waals surface area contributed by atoms with Crippen LogP contribution >= 0.6 is 0 Å². The van der Waals surface area contributed by atoms with Crippen LogP contribution in [0, 0.1) is 11.7 Å². The molecule has 0 radical (unpaired) electrons. The van der Waals surface area contributed by atoms with Gasteiger partial charge < -0.3 is 9.47 Å². The van der Waals surface area contributed by atoms with Gasteiger partial charge in [0.25, 0.3) is 10.0 Å². The number of anilines is 1. The second-order valence-electron chi connectivity index (χ2n) is 6.94. The third kappa shape index (κ3) is 5.24. The molecule has 1 N–H and O–H groups in total. The summed E-state index contributed by atoms with van der Waals surface area (Å²) in [7, 11) is -2.71. The molecule has 158 valence electrons. The topological polar surface area (TPSA) is 90.4 Å². The number of hydrogen-bond acceptors (Lipinski definition) is 6. The van der Waals surface area contributed by atoms with Crippen molar-refractivity contribution in [2.75, 3.05) is 18.4 Å². The molecule has 0 spiro atoms. The second kappa shape index (κ2) is 9.08. The molecule has 0 aliphatic heterocycles. The van der Waals surface area contributed by atoms with Gasteiger partial charge in [-0.25, -0.2) is 12.8 Å². The van der Waals surface area contributed by atoms with E-state index in [2.05, 4.69) is 14.9 Å². The van der Waals surface area contributed by atoms with Gasteiger partial charge >= 0.3 is 0 Å². The molecule has 0 amide bonds. The van der Waals surface area contributed by atoms with Gasteiger partial charge in [0.05, 0.1) is 19.4 Å². The van der Waals surface area contributed by atoms with Crippen molar-refractivity contribution < 1.29 is 22.3 Å². The van der Waals surface area contributed by atoms with E-state index in [1.54, 1.807) is 36.4 Å². The first-order valence-corrected chi connectivity index (χ1v) is 10.7. The van der Waals surface area contributed by atoms with Gasteiger partial charge in [-0.1, -0.05) is 26.0 Å². The van der Waals surface area contributed by atoms with Crippen molar-refractivity contribution in [1.29, 1.82) is 0 Å². The highest BCUT2D eigenvalue weighted by molar-refractivity contribution is 7.92. The molecule has 0 unspecified atom stereocenters. The number of hydrogen-bond donors (Lipinski definition) is 1. The number of sulfonamides is 1. The average molecular weight is 431 g/mol. The van der Waals surface area contributed by atoms with Gasteiger partial charge in [0.15, 0.2) is 0 Å². The van der Waals surface area contributed by atoms with Crippen molar-refractivity contribution in [2.24, 2.45) is 5.92 Å². The number of rotatable bonds is 8. The third-order valence-electron chi connectivity index (χ3n) is 4.05. The zero-order valence-corrected chi connectivity index (χ0v) is 17.6. The molecule has 30 heavy (non-hydrogen) atoms. The van der Waals surface area contributed by atoms with Crippen molar-refractivity contribution in [2.45, 2.75) is 18.7 Å². The van der Waals surface area contributed by atoms with Gasteiger partial charge in [-0.2, -0.15) is 0 Å². The first-order valence-electron chi connectivity index (χ1n) is 9.22. The summed E-state index contributed by atoms with van der Waals surface area (Å²) in [6, 6.07) is 13.4. The molecule has 1 heterocycles. The minimum atomic E-state index is -4.03. The van der Waals surface area contributed by atoms with Crippen LogP contribution in [0.2, 0.25) is 0 Å². The van der Waals surface area contributed by atoms with Crippen LogP contribution in [0.4, 0.5) is 10.1 Å². The largest absolute Gasteiger partial charge is 0.495 e. The Hall–Kier alpha value is -3.20. The molecular weight excluding hydrogens is 409 g/mol. The quantitative estimate of drug-likeness (QED) is 0.577. The third-order valence-corrected chi connectivity index (χ3v) is 5.46. The lowest BCUT2D eigenvalue weighted by molar-refractivity contribution is 0.258. The van der Waals surface area contributed by atoms with Crippen LogP contribution < -0.4 is 14.2 Å². The van der Waals surface area contributed by atoms with E-state index in [0.29, 0.717) is 29.8 Å². The van der Waals surface area contributed by atoms with E-state index < -0.39 is 15.8 Å². The highest BCUT2D eigenvalue weighted by Gasteiger charge is 2.20. The van der Waals surface area contributed by atoms with Gasteiger partial charge in [0, 0.05) is 17.3 Å². The first kappa shape index (κ1) is 21.5. The van der Waals surface area contributed by atoms with E-state index in [1.165, 1.54) is 13.2 Å². The molecule has 3 aromatic rings. The van der Waals surface area contributed by atoms with Crippen molar-refractivity contribution >= 4 is 15.7 Å². The number of nitrogens with one attached hydrogen (secondary N) is 1. The molecule has 1 aromatic heterocycles.